The third-order valence-corrected chi connectivity index (χ3v) is 6.66. The van der Waals surface area contributed by atoms with Gasteiger partial charge in [-0.3, -0.25) is 13.7 Å². The first-order chi connectivity index (χ1) is 13.7. The molecule has 0 spiro atoms. The minimum atomic E-state index is -4.13. The molecule has 1 aromatic carbocycles. The maximum atomic E-state index is 11.4. The predicted octanol–water partition coefficient (Wildman–Crippen LogP) is 3.02. The van der Waals surface area contributed by atoms with E-state index in [1.165, 1.54) is 0 Å². The maximum absolute atomic E-state index is 11.4. The second-order valence-corrected chi connectivity index (χ2v) is 9.54. The summed E-state index contributed by atoms with van der Waals surface area (Å²) in [5.41, 5.74) is 3.61. The molecule has 0 saturated heterocycles. The van der Waals surface area contributed by atoms with Crippen LogP contribution in [0.25, 0.3) is 5.00 Å². The Labute approximate surface area is 177 Å². The molecule has 29 heavy (non-hydrogen) atoms. The van der Waals surface area contributed by atoms with Gasteiger partial charge in [-0.15, -0.1) is 21.5 Å². The van der Waals surface area contributed by atoms with Crippen molar-refractivity contribution in [2.24, 2.45) is 10.1 Å². The van der Waals surface area contributed by atoms with Crippen molar-refractivity contribution in [1.82, 2.24) is 14.8 Å². The Balaban J connectivity index is 1.97. The Bertz CT molecular complexity index is 1230. The summed E-state index contributed by atoms with van der Waals surface area (Å²) in [4.78, 5) is 6.01. The van der Waals surface area contributed by atoms with Gasteiger partial charge in [0.1, 0.15) is 16.9 Å². The van der Waals surface area contributed by atoms with E-state index in [-0.39, 0.29) is 6.61 Å². The number of thiophene rings is 1. The topological polar surface area (TPSA) is 112 Å². The monoisotopic (exact) mass is 451 g/mol. The normalized spacial score (nSPS) is 16.2. The van der Waals surface area contributed by atoms with Crippen LogP contribution in [-0.4, -0.2) is 35.5 Å². The number of aryl methyl sites for hydroxylation is 2. The van der Waals surface area contributed by atoms with Gasteiger partial charge in [0.15, 0.2) is 5.82 Å². The van der Waals surface area contributed by atoms with Crippen LogP contribution >= 0.6 is 22.9 Å². The first kappa shape index (κ1) is 20.2. The number of fused-ring (bicyclic) bond motifs is 3. The molecular weight excluding hydrogens is 434 g/mol. The van der Waals surface area contributed by atoms with Crippen LogP contribution in [-0.2, 0) is 14.5 Å². The highest BCUT2D eigenvalue weighted by Crippen LogP contribution is 2.38. The van der Waals surface area contributed by atoms with E-state index in [0.717, 1.165) is 26.6 Å². The van der Waals surface area contributed by atoms with Gasteiger partial charge in [-0.25, -0.2) is 5.14 Å². The Hall–Kier alpha value is -2.11. The summed E-state index contributed by atoms with van der Waals surface area (Å²) >= 11 is 7.67. The van der Waals surface area contributed by atoms with Gasteiger partial charge in [-0.1, -0.05) is 23.7 Å². The number of aliphatic imine (C=N–C) groups is 1. The lowest BCUT2D eigenvalue weighted by atomic mass is 10.00. The van der Waals surface area contributed by atoms with Crippen LogP contribution in [0.3, 0.4) is 0 Å². The van der Waals surface area contributed by atoms with E-state index >= 15 is 0 Å². The highest BCUT2D eigenvalue weighted by atomic mass is 35.5. The van der Waals surface area contributed by atoms with Gasteiger partial charge in [-0.05, 0) is 38.5 Å². The minimum absolute atomic E-state index is 0.277. The van der Waals surface area contributed by atoms with Crippen LogP contribution in [0.4, 0.5) is 0 Å². The number of rotatable bonds is 4. The number of nitrogens with zero attached hydrogens (tertiary/aromatic N) is 4. The molecule has 0 bridgehead atoms. The van der Waals surface area contributed by atoms with Gasteiger partial charge < -0.3 is 0 Å². The van der Waals surface area contributed by atoms with Gasteiger partial charge in [0.2, 0.25) is 0 Å². The minimum Gasteiger partial charge on any atom is -0.271 e. The van der Waals surface area contributed by atoms with Gasteiger partial charge >= 0.3 is 10.3 Å². The third kappa shape index (κ3) is 3.74. The molecule has 1 aliphatic heterocycles. The average Bonchev–Trinajstić information content (AvgIpc) is 3.11. The predicted molar refractivity (Wildman–Crippen MR) is 112 cm³/mol. The second kappa shape index (κ2) is 7.29. The van der Waals surface area contributed by atoms with Crippen LogP contribution in [0.2, 0.25) is 5.02 Å². The standard InChI is InChI=1S/C18H18ClN5O3S2/c1-9-10(2)28-18-15(9)16(12-4-6-13(19)7-5-12)21-14(8-27-29(20,25)26)17-23-22-11(3)24(17)18/h4-7,14H,8H2,1-3H3,(H2,20,25,26). The van der Waals surface area contributed by atoms with Crippen molar-refractivity contribution in [3.8, 4) is 5.00 Å². The van der Waals surface area contributed by atoms with Gasteiger partial charge in [0.05, 0.1) is 12.3 Å². The number of benzene rings is 1. The van der Waals surface area contributed by atoms with Crippen LogP contribution in [0, 0.1) is 20.8 Å². The molecule has 0 radical (unpaired) electrons. The number of halogens is 1. The fraction of sp³-hybridized carbons (Fsp3) is 0.278. The van der Waals surface area contributed by atoms with E-state index in [2.05, 4.69) is 17.1 Å². The Morgan fingerprint density at radius 1 is 1.21 bits per heavy atom. The lowest BCUT2D eigenvalue weighted by molar-refractivity contribution is 0.290. The third-order valence-electron chi connectivity index (χ3n) is 4.75. The van der Waals surface area contributed by atoms with E-state index in [1.54, 1.807) is 23.5 Å². The van der Waals surface area contributed by atoms with E-state index in [9.17, 15) is 8.42 Å². The summed E-state index contributed by atoms with van der Waals surface area (Å²) in [6.07, 6.45) is 0. The lowest BCUT2D eigenvalue weighted by Gasteiger charge is -2.12. The van der Waals surface area contributed by atoms with Crippen molar-refractivity contribution in [1.29, 1.82) is 0 Å². The molecule has 2 aromatic heterocycles. The van der Waals surface area contributed by atoms with Gasteiger partial charge in [0, 0.05) is 21.0 Å². The van der Waals surface area contributed by atoms with Crippen LogP contribution < -0.4 is 5.14 Å². The zero-order chi connectivity index (χ0) is 20.9. The molecule has 152 valence electrons. The summed E-state index contributed by atoms with van der Waals surface area (Å²) in [7, 11) is -4.13. The van der Waals surface area contributed by atoms with Crippen molar-refractivity contribution in [3.05, 3.63) is 62.5 Å². The first-order valence-corrected chi connectivity index (χ1v) is 11.4. The molecule has 0 aliphatic carbocycles. The fourth-order valence-electron chi connectivity index (χ4n) is 3.27. The molecule has 8 nitrogen and oxygen atoms in total. The molecular formula is C18H18ClN5O3S2. The van der Waals surface area contributed by atoms with E-state index < -0.39 is 16.3 Å². The van der Waals surface area contributed by atoms with Gasteiger partial charge in [0.25, 0.3) is 0 Å². The highest BCUT2D eigenvalue weighted by Gasteiger charge is 2.32. The molecule has 1 unspecified atom stereocenters. The van der Waals surface area contributed by atoms with Crippen molar-refractivity contribution in [3.63, 3.8) is 0 Å². The van der Waals surface area contributed by atoms with Gasteiger partial charge in [-0.2, -0.15) is 8.42 Å². The first-order valence-electron chi connectivity index (χ1n) is 8.69. The number of hydrogen-bond acceptors (Lipinski definition) is 7. The van der Waals surface area contributed by atoms with Crippen molar-refractivity contribution >= 4 is 39.0 Å². The van der Waals surface area contributed by atoms with Crippen molar-refractivity contribution in [2.45, 2.75) is 26.8 Å². The Morgan fingerprint density at radius 3 is 2.55 bits per heavy atom. The maximum Gasteiger partial charge on any atom is 0.333 e. The van der Waals surface area contributed by atoms with Crippen molar-refractivity contribution in [2.75, 3.05) is 6.61 Å². The van der Waals surface area contributed by atoms with E-state index in [4.69, 9.17) is 25.9 Å². The van der Waals surface area contributed by atoms with Crippen LogP contribution in [0.1, 0.15) is 39.3 Å². The Kier molecular flexibility index (Phi) is 5.07. The summed E-state index contributed by atoms with van der Waals surface area (Å²) in [5.74, 6) is 1.17. The molecule has 3 heterocycles. The number of nitrogens with two attached hydrogens (primary N) is 1. The molecule has 1 aliphatic rings. The molecule has 4 rings (SSSR count). The summed E-state index contributed by atoms with van der Waals surface area (Å²) < 4.78 is 29.5. The Morgan fingerprint density at radius 2 is 1.90 bits per heavy atom. The molecule has 11 heteroatoms. The second-order valence-electron chi connectivity index (χ2n) is 6.68. The SMILES string of the molecule is Cc1sc2c(c1C)C(c1ccc(Cl)cc1)=NC(COS(N)(=O)=O)c1nnc(C)n1-2. The molecule has 0 amide bonds. The quantitative estimate of drug-likeness (QED) is 0.655. The van der Waals surface area contributed by atoms with E-state index in [1.807, 2.05) is 30.5 Å². The molecule has 0 saturated carbocycles. The van der Waals surface area contributed by atoms with E-state index in [0.29, 0.717) is 22.4 Å². The zero-order valence-corrected chi connectivity index (χ0v) is 18.3. The molecule has 3 aromatic rings. The summed E-state index contributed by atoms with van der Waals surface area (Å²) in [6.45, 7) is 5.66. The average molecular weight is 452 g/mol. The van der Waals surface area contributed by atoms with Crippen LogP contribution in [0.5, 0.6) is 0 Å². The lowest BCUT2D eigenvalue weighted by Crippen LogP contribution is -2.20. The molecule has 2 N–H and O–H groups in total. The fourth-order valence-corrected chi connectivity index (χ4v) is 4.93. The number of aromatic nitrogens is 3. The zero-order valence-electron chi connectivity index (χ0n) is 15.9. The molecule has 0 fully saturated rings. The molecule has 1 atom stereocenters. The van der Waals surface area contributed by atoms with Crippen LogP contribution in [0.15, 0.2) is 29.3 Å². The highest BCUT2D eigenvalue weighted by molar-refractivity contribution is 7.84. The summed E-state index contributed by atoms with van der Waals surface area (Å²) in [5, 5.41) is 15.0. The smallest absolute Gasteiger partial charge is 0.271 e. The van der Waals surface area contributed by atoms with Crippen molar-refractivity contribution < 1.29 is 12.6 Å². The number of hydrogen-bond donors (Lipinski definition) is 1. The largest absolute Gasteiger partial charge is 0.333 e. The summed E-state index contributed by atoms with van der Waals surface area (Å²) in [6, 6.07) is 6.64.